The van der Waals surface area contributed by atoms with E-state index in [0.717, 1.165) is 11.1 Å². The summed E-state index contributed by atoms with van der Waals surface area (Å²) in [5.74, 6) is 1.42. The van der Waals surface area contributed by atoms with Gasteiger partial charge in [-0.25, -0.2) is 0 Å². The van der Waals surface area contributed by atoms with Crippen LogP contribution >= 0.6 is 0 Å². The number of halogens is 2. The largest absolute Gasteiger partial charge is 0.454 e. The molecule has 1 heterocycles. The molecular weight excluding hydrogens is 384 g/mol. The lowest BCUT2D eigenvalue weighted by Crippen LogP contribution is -2.36. The molecule has 0 saturated heterocycles. The van der Waals surface area contributed by atoms with Gasteiger partial charge in [0.2, 0.25) is 6.79 Å². The molecule has 0 saturated carbocycles. The lowest BCUT2D eigenvalue weighted by molar-refractivity contribution is -0.0505. The first-order valence-corrected chi connectivity index (χ1v) is 8.97. The minimum atomic E-state index is -2.94. The summed E-state index contributed by atoms with van der Waals surface area (Å²) in [7, 11) is 3.29. The fourth-order valence-electron chi connectivity index (χ4n) is 2.81. The molecule has 1 aliphatic heterocycles. The molecular formula is C20H23F2N3O4. The SMILES string of the molecule is CN=C(NCc1ccc(COC)cc1)NCc1cc2c(cc1OC(F)F)OCO2. The predicted octanol–water partition coefficient (Wildman–Crippen LogP) is 3.03. The summed E-state index contributed by atoms with van der Waals surface area (Å²) in [6.45, 7) is -1.56. The van der Waals surface area contributed by atoms with E-state index < -0.39 is 6.61 Å². The molecule has 0 amide bonds. The Bertz CT molecular complexity index is 844. The summed E-state index contributed by atoms with van der Waals surface area (Å²) in [6.07, 6.45) is 0. The van der Waals surface area contributed by atoms with Gasteiger partial charge in [-0.1, -0.05) is 24.3 Å². The van der Waals surface area contributed by atoms with E-state index in [2.05, 4.69) is 20.4 Å². The third kappa shape index (κ3) is 5.71. The zero-order chi connectivity index (χ0) is 20.6. The van der Waals surface area contributed by atoms with Crippen LogP contribution in [0.15, 0.2) is 41.4 Å². The Labute approximate surface area is 167 Å². The highest BCUT2D eigenvalue weighted by Gasteiger charge is 2.20. The van der Waals surface area contributed by atoms with Gasteiger partial charge in [-0.05, 0) is 17.2 Å². The van der Waals surface area contributed by atoms with E-state index in [0.29, 0.717) is 36.2 Å². The number of nitrogens with one attached hydrogen (secondary N) is 2. The number of alkyl halides is 2. The average molecular weight is 407 g/mol. The third-order valence-electron chi connectivity index (χ3n) is 4.24. The average Bonchev–Trinajstić information content (AvgIpc) is 3.16. The highest BCUT2D eigenvalue weighted by molar-refractivity contribution is 5.79. The Hall–Kier alpha value is -3.07. The molecule has 2 N–H and O–H groups in total. The zero-order valence-corrected chi connectivity index (χ0v) is 16.2. The number of methoxy groups -OCH3 is 1. The van der Waals surface area contributed by atoms with Gasteiger partial charge >= 0.3 is 6.61 Å². The highest BCUT2D eigenvalue weighted by Crippen LogP contribution is 2.38. The normalized spacial score (nSPS) is 12.9. The molecule has 0 fully saturated rings. The number of fused-ring (bicyclic) bond motifs is 1. The zero-order valence-electron chi connectivity index (χ0n) is 16.2. The monoisotopic (exact) mass is 407 g/mol. The van der Waals surface area contributed by atoms with Crippen LogP contribution in [-0.4, -0.2) is 33.5 Å². The summed E-state index contributed by atoms with van der Waals surface area (Å²) >= 11 is 0. The minimum Gasteiger partial charge on any atom is -0.454 e. The number of ether oxygens (including phenoxy) is 4. The summed E-state index contributed by atoms with van der Waals surface area (Å²) in [4.78, 5) is 4.16. The summed E-state index contributed by atoms with van der Waals surface area (Å²) in [5.41, 5.74) is 2.66. The molecule has 2 aromatic carbocycles. The molecule has 0 atom stereocenters. The molecule has 156 valence electrons. The van der Waals surface area contributed by atoms with Gasteiger partial charge in [0.15, 0.2) is 17.5 Å². The molecule has 7 nitrogen and oxygen atoms in total. The predicted molar refractivity (Wildman–Crippen MR) is 103 cm³/mol. The Morgan fingerprint density at radius 2 is 1.72 bits per heavy atom. The van der Waals surface area contributed by atoms with Crippen molar-refractivity contribution in [1.82, 2.24) is 10.6 Å². The van der Waals surface area contributed by atoms with Gasteiger partial charge in [-0.2, -0.15) is 8.78 Å². The van der Waals surface area contributed by atoms with Crippen LogP contribution in [0, 0.1) is 0 Å². The van der Waals surface area contributed by atoms with Gasteiger partial charge in [0.05, 0.1) is 6.61 Å². The first kappa shape index (κ1) is 20.7. The van der Waals surface area contributed by atoms with Crippen molar-refractivity contribution in [2.24, 2.45) is 4.99 Å². The van der Waals surface area contributed by atoms with Crippen molar-refractivity contribution in [3.63, 3.8) is 0 Å². The van der Waals surface area contributed by atoms with Gasteiger partial charge in [0.1, 0.15) is 5.75 Å². The van der Waals surface area contributed by atoms with Crippen LogP contribution in [0.3, 0.4) is 0 Å². The molecule has 9 heteroatoms. The third-order valence-corrected chi connectivity index (χ3v) is 4.24. The van der Waals surface area contributed by atoms with E-state index in [1.54, 1.807) is 20.2 Å². The van der Waals surface area contributed by atoms with Crippen molar-refractivity contribution in [2.45, 2.75) is 26.3 Å². The molecule has 0 spiro atoms. The summed E-state index contributed by atoms with van der Waals surface area (Å²) < 4.78 is 45.7. The molecule has 0 aliphatic carbocycles. The van der Waals surface area contributed by atoms with Gasteiger partial charge < -0.3 is 29.6 Å². The lowest BCUT2D eigenvalue weighted by atomic mass is 10.1. The van der Waals surface area contributed by atoms with Crippen LogP contribution in [0.25, 0.3) is 0 Å². The van der Waals surface area contributed by atoms with Crippen LogP contribution in [0.5, 0.6) is 17.2 Å². The van der Waals surface area contributed by atoms with Crippen LogP contribution < -0.4 is 24.8 Å². The molecule has 0 unspecified atom stereocenters. The molecule has 0 aromatic heterocycles. The van der Waals surface area contributed by atoms with Crippen LogP contribution in [0.4, 0.5) is 8.78 Å². The fourth-order valence-corrected chi connectivity index (χ4v) is 2.81. The maximum absolute atomic E-state index is 12.7. The van der Waals surface area contributed by atoms with Crippen LogP contribution in [-0.2, 0) is 24.4 Å². The quantitative estimate of drug-likeness (QED) is 0.518. The maximum Gasteiger partial charge on any atom is 0.387 e. The van der Waals surface area contributed by atoms with Crippen molar-refractivity contribution in [2.75, 3.05) is 21.0 Å². The van der Waals surface area contributed by atoms with Crippen LogP contribution in [0.2, 0.25) is 0 Å². The standard InChI is InChI=1S/C20H23F2N3O4/c1-23-20(24-9-13-3-5-14(6-4-13)11-26-2)25-10-15-7-17-18(28-12-27-17)8-16(15)29-19(21)22/h3-8,19H,9-12H2,1-2H3,(H2,23,24,25). The molecule has 3 rings (SSSR count). The second-order valence-corrected chi connectivity index (χ2v) is 6.22. The van der Waals surface area contributed by atoms with E-state index in [1.807, 2.05) is 24.3 Å². The van der Waals surface area contributed by atoms with E-state index in [4.69, 9.17) is 14.2 Å². The van der Waals surface area contributed by atoms with Gasteiger partial charge in [-0.3, -0.25) is 4.99 Å². The van der Waals surface area contributed by atoms with Gasteiger partial charge in [0.25, 0.3) is 0 Å². The smallest absolute Gasteiger partial charge is 0.387 e. The Balaban J connectivity index is 1.60. The number of guanidine groups is 1. The summed E-state index contributed by atoms with van der Waals surface area (Å²) in [6, 6.07) is 11.0. The first-order valence-electron chi connectivity index (χ1n) is 8.97. The number of benzene rings is 2. The number of hydrogen-bond acceptors (Lipinski definition) is 5. The molecule has 2 aromatic rings. The topological polar surface area (TPSA) is 73.3 Å². The Morgan fingerprint density at radius 1 is 1.07 bits per heavy atom. The van der Waals surface area contributed by atoms with Crippen molar-refractivity contribution in [3.05, 3.63) is 53.1 Å². The van der Waals surface area contributed by atoms with E-state index >= 15 is 0 Å². The van der Waals surface area contributed by atoms with Crippen molar-refractivity contribution >= 4 is 5.96 Å². The van der Waals surface area contributed by atoms with Crippen molar-refractivity contribution in [3.8, 4) is 17.2 Å². The molecule has 29 heavy (non-hydrogen) atoms. The Morgan fingerprint density at radius 3 is 2.38 bits per heavy atom. The molecule has 0 bridgehead atoms. The molecule has 1 aliphatic rings. The number of rotatable bonds is 8. The highest BCUT2D eigenvalue weighted by atomic mass is 19.3. The number of nitrogens with zero attached hydrogens (tertiary/aromatic N) is 1. The second kappa shape index (κ2) is 9.92. The van der Waals surface area contributed by atoms with E-state index in [1.165, 1.54) is 6.07 Å². The van der Waals surface area contributed by atoms with E-state index in [9.17, 15) is 8.78 Å². The molecule has 0 radical (unpaired) electrons. The Kier molecular flexibility index (Phi) is 7.07. The fraction of sp³-hybridized carbons (Fsp3) is 0.350. The maximum atomic E-state index is 12.7. The van der Waals surface area contributed by atoms with Crippen molar-refractivity contribution < 1.29 is 27.7 Å². The number of hydrogen-bond donors (Lipinski definition) is 2. The lowest BCUT2D eigenvalue weighted by Gasteiger charge is -2.15. The first-order chi connectivity index (χ1) is 14.1. The number of aliphatic imine (C=N–C) groups is 1. The van der Waals surface area contributed by atoms with E-state index in [-0.39, 0.29) is 19.1 Å². The minimum absolute atomic E-state index is 0.0286. The van der Waals surface area contributed by atoms with Crippen LogP contribution in [0.1, 0.15) is 16.7 Å². The van der Waals surface area contributed by atoms with Crippen molar-refractivity contribution in [1.29, 1.82) is 0 Å². The van der Waals surface area contributed by atoms with Gasteiger partial charge in [-0.15, -0.1) is 0 Å². The second-order valence-electron chi connectivity index (χ2n) is 6.22. The summed E-state index contributed by atoms with van der Waals surface area (Å²) in [5, 5.41) is 6.27. The van der Waals surface area contributed by atoms with Gasteiger partial charge in [0, 0.05) is 38.9 Å².